The Balaban J connectivity index is 1.59. The highest BCUT2D eigenvalue weighted by atomic mass is 16.2. The van der Waals surface area contributed by atoms with Crippen molar-refractivity contribution in [2.75, 3.05) is 25.0 Å². The quantitative estimate of drug-likeness (QED) is 0.773. The molecule has 0 unspecified atom stereocenters. The third kappa shape index (κ3) is 3.25. The predicted molar refractivity (Wildman–Crippen MR) is 83.1 cm³/mol. The van der Waals surface area contributed by atoms with Gasteiger partial charge in [0.25, 0.3) is 0 Å². The Morgan fingerprint density at radius 2 is 2.23 bits per heavy atom. The molecule has 2 amide bonds. The van der Waals surface area contributed by atoms with Crippen molar-refractivity contribution in [2.45, 2.75) is 12.8 Å². The zero-order valence-electron chi connectivity index (χ0n) is 12.2. The standard InChI is InChI=1S/C15H19N5O2/c16-14(22)10-4-3-7-20(8-10)9-13(21)19-15-17-11-5-1-2-6-12(11)18-15/h1-2,5-6,10H,3-4,7-9H2,(H2,16,22)(H2,17,18,19,21)/t10-/m1/s1. The third-order valence-electron chi connectivity index (χ3n) is 3.92. The van der Waals surface area contributed by atoms with E-state index in [4.69, 9.17) is 5.73 Å². The number of benzene rings is 1. The first kappa shape index (κ1) is 14.5. The van der Waals surface area contributed by atoms with Crippen LogP contribution >= 0.6 is 0 Å². The second-order valence-electron chi connectivity index (χ2n) is 5.63. The van der Waals surface area contributed by atoms with Crippen molar-refractivity contribution in [1.82, 2.24) is 14.9 Å². The van der Waals surface area contributed by atoms with Gasteiger partial charge in [0.1, 0.15) is 0 Å². The van der Waals surface area contributed by atoms with Crippen LogP contribution in [0.15, 0.2) is 24.3 Å². The maximum absolute atomic E-state index is 12.1. The molecule has 3 rings (SSSR count). The number of carbonyl (C=O) groups excluding carboxylic acids is 2. The number of primary amides is 1. The minimum atomic E-state index is -0.289. The number of aromatic amines is 1. The fourth-order valence-electron chi connectivity index (χ4n) is 2.82. The van der Waals surface area contributed by atoms with Gasteiger partial charge in [-0.1, -0.05) is 12.1 Å². The van der Waals surface area contributed by atoms with Gasteiger partial charge >= 0.3 is 0 Å². The molecule has 1 aliphatic rings. The maximum Gasteiger partial charge on any atom is 0.240 e. The highest BCUT2D eigenvalue weighted by Crippen LogP contribution is 2.16. The first-order valence-corrected chi connectivity index (χ1v) is 7.38. The molecule has 0 radical (unpaired) electrons. The number of nitrogens with two attached hydrogens (primary N) is 1. The van der Waals surface area contributed by atoms with E-state index >= 15 is 0 Å². The summed E-state index contributed by atoms with van der Waals surface area (Å²) in [6, 6.07) is 7.58. The minimum Gasteiger partial charge on any atom is -0.369 e. The Hall–Kier alpha value is -2.41. The van der Waals surface area contributed by atoms with E-state index in [-0.39, 0.29) is 24.3 Å². The number of amides is 2. The Labute approximate surface area is 127 Å². The molecule has 1 fully saturated rings. The number of hydrogen-bond donors (Lipinski definition) is 3. The van der Waals surface area contributed by atoms with Gasteiger partial charge in [0.05, 0.1) is 23.5 Å². The van der Waals surface area contributed by atoms with Crippen molar-refractivity contribution in [1.29, 1.82) is 0 Å². The Bertz CT molecular complexity index is 663. The van der Waals surface area contributed by atoms with Crippen LogP contribution in [0.2, 0.25) is 0 Å². The van der Waals surface area contributed by atoms with E-state index in [2.05, 4.69) is 15.3 Å². The summed E-state index contributed by atoms with van der Waals surface area (Å²) in [6.07, 6.45) is 1.68. The summed E-state index contributed by atoms with van der Waals surface area (Å²) in [5.41, 5.74) is 7.03. The molecule has 1 aromatic carbocycles. The van der Waals surface area contributed by atoms with Crippen molar-refractivity contribution in [3.8, 4) is 0 Å². The number of anilines is 1. The molecule has 2 aromatic rings. The molecule has 0 aliphatic carbocycles. The van der Waals surface area contributed by atoms with Crippen molar-refractivity contribution >= 4 is 28.8 Å². The van der Waals surface area contributed by atoms with Crippen LogP contribution in [0.4, 0.5) is 5.95 Å². The molecule has 0 spiro atoms. The van der Waals surface area contributed by atoms with E-state index in [0.717, 1.165) is 30.4 Å². The number of carbonyl (C=O) groups is 2. The number of hydrogen-bond acceptors (Lipinski definition) is 4. The fourth-order valence-corrected chi connectivity index (χ4v) is 2.82. The third-order valence-corrected chi connectivity index (χ3v) is 3.92. The zero-order chi connectivity index (χ0) is 15.5. The average molecular weight is 301 g/mol. The SMILES string of the molecule is NC(=O)[C@@H]1CCCN(CC(=O)Nc2nc3ccccc3[nH]2)C1. The molecule has 0 saturated carbocycles. The second-order valence-corrected chi connectivity index (χ2v) is 5.63. The number of nitrogens with zero attached hydrogens (tertiary/aromatic N) is 2. The largest absolute Gasteiger partial charge is 0.369 e. The molecule has 1 aliphatic heterocycles. The summed E-state index contributed by atoms with van der Waals surface area (Å²) in [6.45, 7) is 1.58. The van der Waals surface area contributed by atoms with Gasteiger partial charge < -0.3 is 10.7 Å². The molecule has 7 nitrogen and oxygen atoms in total. The van der Waals surface area contributed by atoms with E-state index in [9.17, 15) is 9.59 Å². The first-order chi connectivity index (χ1) is 10.6. The van der Waals surface area contributed by atoms with Gasteiger partial charge in [-0.05, 0) is 31.5 Å². The summed E-state index contributed by atoms with van der Waals surface area (Å²) in [7, 11) is 0. The molecule has 2 heterocycles. The number of H-pyrrole nitrogens is 1. The predicted octanol–water partition coefficient (Wildman–Crippen LogP) is 0.699. The smallest absolute Gasteiger partial charge is 0.240 e. The van der Waals surface area contributed by atoms with Gasteiger partial charge in [0.2, 0.25) is 17.8 Å². The van der Waals surface area contributed by atoms with Gasteiger partial charge in [0.15, 0.2) is 0 Å². The van der Waals surface area contributed by atoms with E-state index in [1.807, 2.05) is 29.2 Å². The highest BCUT2D eigenvalue weighted by molar-refractivity contribution is 5.92. The van der Waals surface area contributed by atoms with Crippen LogP contribution in [-0.4, -0.2) is 46.3 Å². The second kappa shape index (κ2) is 6.15. The summed E-state index contributed by atoms with van der Waals surface area (Å²) in [5.74, 6) is -0.158. The lowest BCUT2D eigenvalue weighted by atomic mass is 9.97. The number of piperidine rings is 1. The molecular weight excluding hydrogens is 282 g/mol. The molecule has 1 aromatic heterocycles. The molecule has 22 heavy (non-hydrogen) atoms. The molecule has 116 valence electrons. The zero-order valence-corrected chi connectivity index (χ0v) is 12.2. The lowest BCUT2D eigenvalue weighted by molar-refractivity contribution is -0.125. The lowest BCUT2D eigenvalue weighted by Crippen LogP contribution is -2.44. The van der Waals surface area contributed by atoms with Gasteiger partial charge in [-0.25, -0.2) is 4.98 Å². The van der Waals surface area contributed by atoms with Crippen molar-refractivity contribution in [3.63, 3.8) is 0 Å². The monoisotopic (exact) mass is 301 g/mol. The number of nitrogens with one attached hydrogen (secondary N) is 2. The van der Waals surface area contributed by atoms with Crippen molar-refractivity contribution in [2.24, 2.45) is 11.7 Å². The average Bonchev–Trinajstić information content (AvgIpc) is 2.89. The van der Waals surface area contributed by atoms with E-state index in [1.165, 1.54) is 0 Å². The Kier molecular flexibility index (Phi) is 4.06. The van der Waals surface area contributed by atoms with Gasteiger partial charge in [-0.3, -0.25) is 19.8 Å². The van der Waals surface area contributed by atoms with Gasteiger partial charge in [0, 0.05) is 6.54 Å². The number of likely N-dealkylation sites (tertiary alicyclic amines) is 1. The van der Waals surface area contributed by atoms with Gasteiger partial charge in [-0.2, -0.15) is 0 Å². The summed E-state index contributed by atoms with van der Waals surface area (Å²) >= 11 is 0. The molecule has 1 atom stereocenters. The van der Waals surface area contributed by atoms with E-state index in [0.29, 0.717) is 12.5 Å². The Morgan fingerprint density at radius 3 is 3.00 bits per heavy atom. The van der Waals surface area contributed by atoms with Gasteiger partial charge in [-0.15, -0.1) is 0 Å². The van der Waals surface area contributed by atoms with Crippen LogP contribution in [0, 0.1) is 5.92 Å². The molecule has 1 saturated heterocycles. The lowest BCUT2D eigenvalue weighted by Gasteiger charge is -2.30. The molecule has 7 heteroatoms. The number of rotatable bonds is 4. The van der Waals surface area contributed by atoms with Crippen LogP contribution in [0.1, 0.15) is 12.8 Å². The van der Waals surface area contributed by atoms with Crippen LogP contribution in [0.3, 0.4) is 0 Å². The normalized spacial score (nSPS) is 19.2. The van der Waals surface area contributed by atoms with Crippen LogP contribution in [0.25, 0.3) is 11.0 Å². The molecular formula is C15H19N5O2. The fraction of sp³-hybridized carbons (Fsp3) is 0.400. The maximum atomic E-state index is 12.1. The number of fused-ring (bicyclic) bond motifs is 1. The molecule has 0 bridgehead atoms. The van der Waals surface area contributed by atoms with Crippen molar-refractivity contribution < 1.29 is 9.59 Å². The topological polar surface area (TPSA) is 104 Å². The summed E-state index contributed by atoms with van der Waals surface area (Å²) < 4.78 is 0. The number of aromatic nitrogens is 2. The van der Waals surface area contributed by atoms with Crippen LogP contribution < -0.4 is 11.1 Å². The highest BCUT2D eigenvalue weighted by Gasteiger charge is 2.25. The van der Waals surface area contributed by atoms with E-state index < -0.39 is 0 Å². The number of para-hydroxylation sites is 2. The molecule has 4 N–H and O–H groups in total. The van der Waals surface area contributed by atoms with Crippen molar-refractivity contribution in [3.05, 3.63) is 24.3 Å². The minimum absolute atomic E-state index is 0.149. The first-order valence-electron chi connectivity index (χ1n) is 7.38. The number of imidazole rings is 1. The Morgan fingerprint density at radius 1 is 1.41 bits per heavy atom. The summed E-state index contributed by atoms with van der Waals surface area (Å²) in [5, 5.41) is 2.76. The van der Waals surface area contributed by atoms with Crippen LogP contribution in [-0.2, 0) is 9.59 Å². The van der Waals surface area contributed by atoms with E-state index in [1.54, 1.807) is 0 Å². The summed E-state index contributed by atoms with van der Waals surface area (Å²) in [4.78, 5) is 32.7. The van der Waals surface area contributed by atoms with Crippen LogP contribution in [0.5, 0.6) is 0 Å².